The fourth-order valence-corrected chi connectivity index (χ4v) is 4.98. The van der Waals surface area contributed by atoms with Crippen molar-refractivity contribution in [1.29, 1.82) is 0 Å². The molecule has 0 aromatic heterocycles. The minimum Gasteiger partial charge on any atom is -0.487 e. The molecule has 2 amide bonds. The van der Waals surface area contributed by atoms with Crippen LogP contribution in [0.4, 0.5) is 14.9 Å². The van der Waals surface area contributed by atoms with Gasteiger partial charge < -0.3 is 25.4 Å². The fourth-order valence-electron chi connectivity index (χ4n) is 4.98. The van der Waals surface area contributed by atoms with E-state index in [9.17, 15) is 14.0 Å². The lowest BCUT2D eigenvalue weighted by atomic mass is 9.96. The highest BCUT2D eigenvalue weighted by Crippen LogP contribution is 2.42. The van der Waals surface area contributed by atoms with E-state index < -0.39 is 11.9 Å². The van der Waals surface area contributed by atoms with Crippen LogP contribution in [0.15, 0.2) is 36.4 Å². The first-order valence-electron chi connectivity index (χ1n) is 11.3. The molecule has 1 unspecified atom stereocenters. The van der Waals surface area contributed by atoms with Crippen LogP contribution in [0.2, 0.25) is 0 Å². The summed E-state index contributed by atoms with van der Waals surface area (Å²) >= 11 is 0. The van der Waals surface area contributed by atoms with Gasteiger partial charge >= 0.3 is 6.09 Å². The Bertz CT molecular complexity index is 1150. The van der Waals surface area contributed by atoms with E-state index in [-0.39, 0.29) is 5.91 Å². The normalized spacial score (nSPS) is 21.8. The van der Waals surface area contributed by atoms with E-state index in [4.69, 9.17) is 9.84 Å². The first-order valence-corrected chi connectivity index (χ1v) is 11.3. The molecule has 3 aliphatic rings. The molecule has 2 aromatic rings. The van der Waals surface area contributed by atoms with Gasteiger partial charge in [-0.2, -0.15) is 0 Å². The first-order chi connectivity index (χ1) is 16.0. The van der Waals surface area contributed by atoms with Crippen molar-refractivity contribution in [3.63, 3.8) is 0 Å². The van der Waals surface area contributed by atoms with Crippen LogP contribution in [0.1, 0.15) is 35.1 Å². The summed E-state index contributed by atoms with van der Waals surface area (Å²) in [5.74, 6) is 0.182. The average molecular weight is 451 g/mol. The van der Waals surface area contributed by atoms with Gasteiger partial charge in [0.05, 0.1) is 5.57 Å². The van der Waals surface area contributed by atoms with E-state index in [0.29, 0.717) is 41.7 Å². The van der Waals surface area contributed by atoms with Crippen LogP contribution in [0, 0.1) is 11.7 Å². The van der Waals surface area contributed by atoms with Gasteiger partial charge in [0.15, 0.2) is 0 Å². The van der Waals surface area contributed by atoms with Gasteiger partial charge in [-0.25, -0.2) is 9.18 Å². The van der Waals surface area contributed by atoms with Gasteiger partial charge in [0.25, 0.3) is 5.91 Å². The molecule has 33 heavy (non-hydrogen) atoms. The number of anilines is 1. The third-order valence-electron chi connectivity index (χ3n) is 6.60. The number of halogens is 1. The number of piperidine rings is 1. The molecule has 3 heterocycles. The van der Waals surface area contributed by atoms with Crippen molar-refractivity contribution in [2.75, 3.05) is 31.5 Å². The molecule has 1 fully saturated rings. The fraction of sp³-hybridized carbons (Fsp3) is 0.360. The Balaban J connectivity index is 1.28. The number of hydrogen-bond acceptors (Lipinski definition) is 4. The van der Waals surface area contributed by atoms with E-state index >= 15 is 0 Å². The van der Waals surface area contributed by atoms with Crippen LogP contribution in [0.25, 0.3) is 11.3 Å². The highest BCUT2D eigenvalue weighted by Gasteiger charge is 2.33. The number of carbonyl (C=O) groups is 2. The lowest BCUT2D eigenvalue weighted by Gasteiger charge is -2.32. The topological polar surface area (TPSA) is 90.9 Å². The maximum Gasteiger partial charge on any atom is 0.404 e. The largest absolute Gasteiger partial charge is 0.487 e. The van der Waals surface area contributed by atoms with Gasteiger partial charge in [-0.3, -0.25) is 4.79 Å². The molecule has 0 radical (unpaired) electrons. The number of hydrogen-bond donors (Lipinski definition) is 3. The highest BCUT2D eigenvalue weighted by molar-refractivity contribution is 6.36. The molecule has 3 aliphatic heterocycles. The molecule has 1 atom stereocenters. The van der Waals surface area contributed by atoms with Gasteiger partial charge in [-0.1, -0.05) is 18.2 Å². The van der Waals surface area contributed by atoms with Crippen molar-refractivity contribution in [3.05, 3.63) is 64.5 Å². The van der Waals surface area contributed by atoms with Crippen molar-refractivity contribution >= 4 is 29.0 Å². The molecule has 2 aromatic carbocycles. The van der Waals surface area contributed by atoms with Crippen molar-refractivity contribution < 1.29 is 23.8 Å². The molecule has 172 valence electrons. The van der Waals surface area contributed by atoms with Crippen LogP contribution in [0.5, 0.6) is 0 Å². The average Bonchev–Trinajstić information content (AvgIpc) is 3.35. The molecule has 3 N–H and O–H groups in total. The van der Waals surface area contributed by atoms with Crippen molar-refractivity contribution in [2.45, 2.75) is 25.9 Å². The summed E-state index contributed by atoms with van der Waals surface area (Å²) in [6.07, 6.45) is 2.04. The molecular weight excluding hydrogens is 425 g/mol. The third kappa shape index (κ3) is 4.43. The summed E-state index contributed by atoms with van der Waals surface area (Å²) in [6, 6.07) is 10.4. The van der Waals surface area contributed by atoms with E-state index in [2.05, 4.69) is 27.7 Å². The van der Waals surface area contributed by atoms with Crippen LogP contribution in [-0.2, 0) is 22.6 Å². The molecule has 5 rings (SSSR count). The Morgan fingerprint density at radius 1 is 1.24 bits per heavy atom. The molecule has 8 heteroatoms. The summed E-state index contributed by atoms with van der Waals surface area (Å²) in [7, 11) is 0. The molecule has 1 saturated heterocycles. The highest BCUT2D eigenvalue weighted by atomic mass is 19.1. The summed E-state index contributed by atoms with van der Waals surface area (Å²) < 4.78 is 19.7. The number of nitrogens with one attached hydrogen (secondary N) is 2. The third-order valence-corrected chi connectivity index (χ3v) is 6.60. The van der Waals surface area contributed by atoms with Gasteiger partial charge in [-0.15, -0.1) is 0 Å². The second-order valence-electron chi connectivity index (χ2n) is 8.87. The van der Waals surface area contributed by atoms with Crippen molar-refractivity contribution in [2.24, 2.45) is 5.92 Å². The van der Waals surface area contributed by atoms with Crippen molar-refractivity contribution in [3.8, 4) is 0 Å². The zero-order valence-corrected chi connectivity index (χ0v) is 18.2. The van der Waals surface area contributed by atoms with Gasteiger partial charge in [0.2, 0.25) is 0 Å². The van der Waals surface area contributed by atoms with Crippen LogP contribution in [0.3, 0.4) is 0 Å². The van der Waals surface area contributed by atoms with E-state index in [1.165, 1.54) is 17.7 Å². The monoisotopic (exact) mass is 451 g/mol. The van der Waals surface area contributed by atoms with Gasteiger partial charge in [-0.05, 0) is 55.5 Å². The molecule has 0 aliphatic carbocycles. The lowest BCUT2D eigenvalue weighted by molar-refractivity contribution is -0.110. The van der Waals surface area contributed by atoms with Crippen LogP contribution >= 0.6 is 0 Å². The molecular formula is C25H26FN3O4. The number of rotatable bonds is 5. The van der Waals surface area contributed by atoms with E-state index in [1.807, 2.05) is 6.07 Å². The number of amides is 2. The van der Waals surface area contributed by atoms with Gasteiger partial charge in [0, 0.05) is 42.0 Å². The lowest BCUT2D eigenvalue weighted by Crippen LogP contribution is -2.41. The number of carbonyl (C=O) groups excluding carboxylic acids is 1. The standard InChI is InChI=1S/C25H26FN3O4/c26-18-4-6-21-20(11-18)22(24(30)28-21)23-19-5-3-15(10-17(19)14-33-23)7-9-29-8-1-2-16(13-29)12-27-25(31)32/h3-6,10-11,16,27H,1-2,7-9,12-14H2,(H,28,30)(H,31,32). The quantitative estimate of drug-likeness (QED) is 0.603. The minimum atomic E-state index is -0.967. The minimum absolute atomic E-state index is 0.278. The summed E-state index contributed by atoms with van der Waals surface area (Å²) in [6.45, 7) is 3.72. The van der Waals surface area contributed by atoms with Crippen LogP contribution in [-0.4, -0.2) is 48.2 Å². The number of fused-ring (bicyclic) bond motifs is 2. The Kier molecular flexibility index (Phi) is 5.76. The maximum atomic E-state index is 13.8. The number of benzene rings is 2. The first kappa shape index (κ1) is 21.5. The van der Waals surface area contributed by atoms with E-state index in [0.717, 1.165) is 50.0 Å². The van der Waals surface area contributed by atoms with Crippen molar-refractivity contribution in [1.82, 2.24) is 10.2 Å². The number of ether oxygens (including phenoxy) is 1. The van der Waals surface area contributed by atoms with Gasteiger partial charge in [0.1, 0.15) is 18.2 Å². The molecule has 0 saturated carbocycles. The predicted molar refractivity (Wildman–Crippen MR) is 122 cm³/mol. The predicted octanol–water partition coefficient (Wildman–Crippen LogP) is 3.70. The number of carboxylic acid groups (broad SMARTS) is 1. The number of nitrogens with zero attached hydrogens (tertiary/aromatic N) is 1. The zero-order valence-electron chi connectivity index (χ0n) is 18.2. The molecule has 0 spiro atoms. The Morgan fingerprint density at radius 3 is 2.97 bits per heavy atom. The Labute approximate surface area is 191 Å². The molecule has 0 bridgehead atoms. The van der Waals surface area contributed by atoms with Crippen LogP contribution < -0.4 is 10.6 Å². The summed E-state index contributed by atoms with van der Waals surface area (Å²) in [5, 5.41) is 14.1. The zero-order chi connectivity index (χ0) is 22.9. The summed E-state index contributed by atoms with van der Waals surface area (Å²) in [4.78, 5) is 25.7. The number of likely N-dealkylation sites (tertiary alicyclic amines) is 1. The maximum absolute atomic E-state index is 13.8. The Hall–Kier alpha value is -3.39. The Morgan fingerprint density at radius 2 is 2.12 bits per heavy atom. The second-order valence-corrected chi connectivity index (χ2v) is 8.87. The molecule has 7 nitrogen and oxygen atoms in total. The summed E-state index contributed by atoms with van der Waals surface area (Å²) in [5.41, 5.74) is 4.59. The SMILES string of the molecule is O=C(O)NCC1CCCN(CCc2ccc3c(c2)COC3=C2C(=O)Nc3ccc(F)cc32)C1. The van der Waals surface area contributed by atoms with E-state index in [1.54, 1.807) is 6.07 Å². The smallest absolute Gasteiger partial charge is 0.404 e. The second kappa shape index (κ2) is 8.86.